The molecule has 0 aliphatic rings. The van der Waals surface area contributed by atoms with Crippen molar-refractivity contribution in [3.8, 4) is 0 Å². The average molecular weight is 146 g/mol. The lowest BCUT2D eigenvalue weighted by Gasteiger charge is -2.26. The number of amides is 1. The first-order valence-corrected chi connectivity index (χ1v) is 3.21. The number of primary amides is 1. The van der Waals surface area contributed by atoms with E-state index in [-0.39, 0.29) is 0 Å². The summed E-state index contributed by atoms with van der Waals surface area (Å²) in [5, 5.41) is 2.84. The van der Waals surface area contributed by atoms with Gasteiger partial charge in [-0.15, -0.1) is 0 Å². The number of rotatable bonds is 3. The summed E-state index contributed by atoms with van der Waals surface area (Å²) in [7, 11) is 1.71. The minimum atomic E-state index is -0.751. The molecule has 0 unspecified atom stereocenters. The van der Waals surface area contributed by atoms with Gasteiger partial charge in [0.2, 0.25) is 0 Å². The Morgan fingerprint density at radius 3 is 2.40 bits per heavy atom. The van der Waals surface area contributed by atoms with Gasteiger partial charge in [0.1, 0.15) is 0 Å². The fraction of sp³-hybridized carbons (Fsp3) is 0.833. The summed E-state index contributed by atoms with van der Waals surface area (Å²) in [5.74, 6) is 0. The van der Waals surface area contributed by atoms with Crippen molar-refractivity contribution in [2.75, 3.05) is 7.05 Å². The van der Waals surface area contributed by atoms with Crippen LogP contribution in [0.5, 0.6) is 0 Å². The van der Waals surface area contributed by atoms with Gasteiger partial charge in [0, 0.05) is 0 Å². The third kappa shape index (κ3) is 2.68. The number of nitrogens with one attached hydrogen (secondary N) is 1. The van der Waals surface area contributed by atoms with Crippen LogP contribution in [0.15, 0.2) is 0 Å². The third-order valence-electron chi connectivity index (χ3n) is 1.53. The Hall–Kier alpha value is -0.770. The molecule has 4 nitrogen and oxygen atoms in total. The molecular weight excluding hydrogens is 132 g/mol. The third-order valence-corrected chi connectivity index (χ3v) is 1.53. The molecule has 4 heteroatoms. The Balaban J connectivity index is 3.92. The van der Waals surface area contributed by atoms with Gasteiger partial charge in [-0.3, -0.25) is 5.32 Å². The molecule has 0 fully saturated rings. The SMILES string of the molecule is CC[C@@](C)(NC)OC(N)=O. The first-order valence-electron chi connectivity index (χ1n) is 3.21. The topological polar surface area (TPSA) is 64.3 Å². The first-order chi connectivity index (χ1) is 4.54. The number of nitrogens with two attached hydrogens (primary N) is 1. The second-order valence-electron chi connectivity index (χ2n) is 2.26. The maximum Gasteiger partial charge on any atom is 0.406 e. The normalized spacial score (nSPS) is 15.9. The molecule has 0 aromatic heterocycles. The van der Waals surface area contributed by atoms with E-state index in [0.29, 0.717) is 6.42 Å². The molecule has 0 rings (SSSR count). The molecule has 60 valence electrons. The van der Waals surface area contributed by atoms with Crippen molar-refractivity contribution < 1.29 is 9.53 Å². The number of carbonyl (C=O) groups excluding carboxylic acids is 1. The maximum absolute atomic E-state index is 10.3. The molecule has 0 aliphatic carbocycles. The van der Waals surface area contributed by atoms with Crippen LogP contribution in [-0.4, -0.2) is 18.9 Å². The lowest BCUT2D eigenvalue weighted by Crippen LogP contribution is -2.44. The first kappa shape index (κ1) is 9.23. The quantitative estimate of drug-likeness (QED) is 0.567. The van der Waals surface area contributed by atoms with Crippen LogP contribution in [0.4, 0.5) is 4.79 Å². The Bertz CT molecular complexity index is 121. The van der Waals surface area contributed by atoms with Gasteiger partial charge in [-0.2, -0.15) is 0 Å². The molecule has 3 N–H and O–H groups in total. The van der Waals surface area contributed by atoms with E-state index in [0.717, 1.165) is 0 Å². The second kappa shape index (κ2) is 3.41. The second-order valence-corrected chi connectivity index (χ2v) is 2.26. The molecule has 0 saturated heterocycles. The number of hydrogen-bond donors (Lipinski definition) is 2. The molecule has 1 amide bonds. The van der Waals surface area contributed by atoms with E-state index in [1.807, 2.05) is 6.92 Å². The van der Waals surface area contributed by atoms with E-state index in [1.165, 1.54) is 0 Å². The lowest BCUT2D eigenvalue weighted by atomic mass is 10.2. The summed E-state index contributed by atoms with van der Waals surface area (Å²) in [4.78, 5) is 10.3. The minimum absolute atomic E-state index is 0.619. The largest absolute Gasteiger partial charge is 0.428 e. The van der Waals surface area contributed by atoms with Crippen molar-refractivity contribution in [1.29, 1.82) is 0 Å². The molecule has 10 heavy (non-hydrogen) atoms. The summed E-state index contributed by atoms with van der Waals surface area (Å²) in [6.45, 7) is 3.66. The van der Waals surface area contributed by atoms with E-state index in [4.69, 9.17) is 10.5 Å². The summed E-state index contributed by atoms with van der Waals surface area (Å²) >= 11 is 0. The highest BCUT2D eigenvalue weighted by molar-refractivity contribution is 5.65. The van der Waals surface area contributed by atoms with Gasteiger partial charge in [-0.25, -0.2) is 4.79 Å². The molecule has 0 aromatic carbocycles. The lowest BCUT2D eigenvalue weighted by molar-refractivity contribution is 0.00686. The van der Waals surface area contributed by atoms with Crippen molar-refractivity contribution in [3.63, 3.8) is 0 Å². The van der Waals surface area contributed by atoms with Crippen molar-refractivity contribution >= 4 is 6.09 Å². The maximum atomic E-state index is 10.3. The minimum Gasteiger partial charge on any atom is -0.428 e. The van der Waals surface area contributed by atoms with Gasteiger partial charge in [0.15, 0.2) is 5.72 Å². The van der Waals surface area contributed by atoms with Crippen molar-refractivity contribution in [2.24, 2.45) is 5.73 Å². The number of ether oxygens (including phenoxy) is 1. The number of hydrogen-bond acceptors (Lipinski definition) is 3. The molecule has 0 spiro atoms. The van der Waals surface area contributed by atoms with Gasteiger partial charge in [0.05, 0.1) is 0 Å². The van der Waals surface area contributed by atoms with Gasteiger partial charge in [-0.1, -0.05) is 6.92 Å². The number of carbonyl (C=O) groups is 1. The standard InChI is InChI=1S/C6H14N2O2/c1-4-6(2,8-3)10-5(7)9/h8H,4H2,1-3H3,(H2,7,9)/t6-/m0/s1. The van der Waals surface area contributed by atoms with Crippen LogP contribution in [0.2, 0.25) is 0 Å². The smallest absolute Gasteiger partial charge is 0.406 e. The van der Waals surface area contributed by atoms with Crippen LogP contribution >= 0.6 is 0 Å². The zero-order valence-electron chi connectivity index (χ0n) is 6.60. The highest BCUT2D eigenvalue weighted by Crippen LogP contribution is 2.08. The highest BCUT2D eigenvalue weighted by Gasteiger charge is 2.22. The van der Waals surface area contributed by atoms with E-state index >= 15 is 0 Å². The van der Waals surface area contributed by atoms with Crippen molar-refractivity contribution in [1.82, 2.24) is 5.32 Å². The predicted octanol–water partition coefficient (Wildman–Crippen LogP) is 0.427. The van der Waals surface area contributed by atoms with Crippen LogP contribution < -0.4 is 11.1 Å². The average Bonchev–Trinajstić information content (AvgIpc) is 1.87. The summed E-state index contributed by atoms with van der Waals surface area (Å²) in [6.07, 6.45) is -0.0643. The van der Waals surface area contributed by atoms with Gasteiger partial charge in [-0.05, 0) is 20.4 Å². The van der Waals surface area contributed by atoms with Gasteiger partial charge in [0.25, 0.3) is 0 Å². The van der Waals surface area contributed by atoms with Crippen LogP contribution in [0.1, 0.15) is 20.3 Å². The fourth-order valence-electron chi connectivity index (χ4n) is 0.522. The monoisotopic (exact) mass is 146 g/mol. The Morgan fingerprint density at radius 2 is 2.30 bits per heavy atom. The Labute approximate surface area is 60.7 Å². The van der Waals surface area contributed by atoms with Gasteiger partial charge >= 0.3 is 6.09 Å². The summed E-state index contributed by atoms with van der Waals surface area (Å²) in [5.41, 5.74) is 4.21. The molecule has 0 bridgehead atoms. The molecule has 0 aromatic rings. The van der Waals surface area contributed by atoms with Crippen molar-refractivity contribution in [2.45, 2.75) is 26.0 Å². The van der Waals surface area contributed by atoms with E-state index in [2.05, 4.69) is 5.32 Å². The van der Waals surface area contributed by atoms with E-state index < -0.39 is 11.8 Å². The Morgan fingerprint density at radius 1 is 1.80 bits per heavy atom. The Kier molecular flexibility index (Phi) is 3.15. The van der Waals surface area contributed by atoms with E-state index in [9.17, 15) is 4.79 Å². The molecule has 0 aliphatic heterocycles. The van der Waals surface area contributed by atoms with Crippen LogP contribution in [0.25, 0.3) is 0 Å². The van der Waals surface area contributed by atoms with Crippen LogP contribution in [0.3, 0.4) is 0 Å². The molecule has 0 saturated carbocycles. The van der Waals surface area contributed by atoms with Crippen LogP contribution in [-0.2, 0) is 4.74 Å². The molecule has 1 atom stereocenters. The highest BCUT2D eigenvalue weighted by atomic mass is 16.6. The zero-order chi connectivity index (χ0) is 8.20. The molecule has 0 radical (unpaired) electrons. The fourth-order valence-corrected chi connectivity index (χ4v) is 0.522. The zero-order valence-corrected chi connectivity index (χ0v) is 6.60. The van der Waals surface area contributed by atoms with Crippen molar-refractivity contribution in [3.05, 3.63) is 0 Å². The van der Waals surface area contributed by atoms with Crippen LogP contribution in [0, 0.1) is 0 Å². The predicted molar refractivity (Wildman–Crippen MR) is 38.4 cm³/mol. The van der Waals surface area contributed by atoms with Gasteiger partial charge < -0.3 is 10.5 Å². The molecular formula is C6H14N2O2. The van der Waals surface area contributed by atoms with E-state index in [1.54, 1.807) is 14.0 Å². The summed E-state index contributed by atoms with van der Waals surface area (Å²) in [6, 6.07) is 0. The summed E-state index contributed by atoms with van der Waals surface area (Å²) < 4.78 is 4.76. The molecule has 0 heterocycles.